The van der Waals surface area contributed by atoms with E-state index in [0.29, 0.717) is 24.6 Å². The third-order valence-corrected chi connectivity index (χ3v) is 4.63. The zero-order valence-corrected chi connectivity index (χ0v) is 15.1. The predicted octanol–water partition coefficient (Wildman–Crippen LogP) is 3.50. The van der Waals surface area contributed by atoms with Crippen LogP contribution in [0.5, 0.6) is 5.75 Å². The lowest BCUT2D eigenvalue weighted by molar-refractivity contribution is -0.132. The normalized spacial score (nSPS) is 17.3. The maximum Gasteiger partial charge on any atom is 0.227 e. The molecule has 25 heavy (non-hydrogen) atoms. The molecule has 1 amide bonds. The molecule has 1 atom stereocenters. The first-order chi connectivity index (χ1) is 12.1. The average molecular weight is 343 g/mol. The van der Waals surface area contributed by atoms with Crippen LogP contribution in [-0.2, 0) is 11.2 Å². The summed E-state index contributed by atoms with van der Waals surface area (Å²) < 4.78 is 10.4. The SMILES string of the molecule is COc1ccc(C2CCCN2C(=O)CCc2nc(C(C)C)no2)cc1. The molecule has 1 unspecified atom stereocenters. The summed E-state index contributed by atoms with van der Waals surface area (Å²) in [7, 11) is 1.66. The summed E-state index contributed by atoms with van der Waals surface area (Å²) in [5.74, 6) is 2.43. The van der Waals surface area contributed by atoms with Crippen molar-refractivity contribution in [1.29, 1.82) is 0 Å². The number of aryl methyl sites for hydroxylation is 1. The fourth-order valence-electron chi connectivity index (χ4n) is 3.20. The van der Waals surface area contributed by atoms with E-state index in [4.69, 9.17) is 9.26 Å². The molecule has 1 aromatic heterocycles. The van der Waals surface area contributed by atoms with Crippen LogP contribution in [0.15, 0.2) is 28.8 Å². The second kappa shape index (κ2) is 7.68. The number of ether oxygens (including phenoxy) is 1. The summed E-state index contributed by atoms with van der Waals surface area (Å²) in [4.78, 5) is 19.0. The highest BCUT2D eigenvalue weighted by molar-refractivity contribution is 5.77. The van der Waals surface area contributed by atoms with Gasteiger partial charge >= 0.3 is 0 Å². The molecule has 134 valence electrons. The van der Waals surface area contributed by atoms with Crippen molar-refractivity contribution >= 4 is 5.91 Å². The molecule has 0 spiro atoms. The van der Waals surface area contributed by atoms with Gasteiger partial charge in [0.25, 0.3) is 0 Å². The third-order valence-electron chi connectivity index (χ3n) is 4.63. The fraction of sp³-hybridized carbons (Fsp3) is 0.526. The molecule has 0 bridgehead atoms. The Morgan fingerprint density at radius 3 is 2.76 bits per heavy atom. The van der Waals surface area contributed by atoms with Gasteiger partial charge in [0.15, 0.2) is 5.82 Å². The molecule has 1 aromatic carbocycles. The smallest absolute Gasteiger partial charge is 0.227 e. The number of aromatic nitrogens is 2. The molecule has 1 aliphatic rings. The van der Waals surface area contributed by atoms with Crippen LogP contribution in [0, 0.1) is 0 Å². The average Bonchev–Trinajstić information content (AvgIpc) is 3.29. The zero-order valence-electron chi connectivity index (χ0n) is 15.1. The molecule has 0 saturated carbocycles. The summed E-state index contributed by atoms with van der Waals surface area (Å²) >= 11 is 0. The maximum atomic E-state index is 12.7. The Morgan fingerprint density at radius 1 is 1.36 bits per heavy atom. The summed E-state index contributed by atoms with van der Waals surface area (Å²) in [5.41, 5.74) is 1.16. The Hall–Kier alpha value is -2.37. The van der Waals surface area contributed by atoms with E-state index in [0.717, 1.165) is 30.7 Å². The minimum atomic E-state index is 0.141. The third kappa shape index (κ3) is 4.00. The summed E-state index contributed by atoms with van der Waals surface area (Å²) in [6, 6.07) is 8.13. The van der Waals surface area contributed by atoms with Gasteiger partial charge in [0.05, 0.1) is 13.2 Å². The van der Waals surface area contributed by atoms with Gasteiger partial charge in [-0.1, -0.05) is 31.1 Å². The lowest BCUT2D eigenvalue weighted by Crippen LogP contribution is -2.30. The highest BCUT2D eigenvalue weighted by atomic mass is 16.5. The highest BCUT2D eigenvalue weighted by Crippen LogP contribution is 2.33. The molecule has 2 aromatic rings. The van der Waals surface area contributed by atoms with Crippen LogP contribution in [-0.4, -0.2) is 34.6 Å². The van der Waals surface area contributed by atoms with E-state index in [1.54, 1.807) is 7.11 Å². The van der Waals surface area contributed by atoms with Crippen molar-refractivity contribution in [2.45, 2.75) is 51.5 Å². The molecule has 1 aliphatic heterocycles. The van der Waals surface area contributed by atoms with Gasteiger partial charge in [0.2, 0.25) is 11.8 Å². The number of benzene rings is 1. The van der Waals surface area contributed by atoms with E-state index in [2.05, 4.69) is 10.1 Å². The van der Waals surface area contributed by atoms with Crippen LogP contribution >= 0.6 is 0 Å². The number of rotatable bonds is 6. The molecule has 1 fully saturated rings. The van der Waals surface area contributed by atoms with Crippen LogP contribution in [0.1, 0.15) is 62.3 Å². The van der Waals surface area contributed by atoms with Crippen molar-refractivity contribution in [3.05, 3.63) is 41.5 Å². The minimum Gasteiger partial charge on any atom is -0.497 e. The van der Waals surface area contributed by atoms with E-state index in [9.17, 15) is 4.79 Å². The van der Waals surface area contributed by atoms with Crippen molar-refractivity contribution < 1.29 is 14.1 Å². The van der Waals surface area contributed by atoms with Crippen LogP contribution in [0.4, 0.5) is 0 Å². The van der Waals surface area contributed by atoms with E-state index in [1.165, 1.54) is 0 Å². The molecule has 0 N–H and O–H groups in total. The van der Waals surface area contributed by atoms with Gasteiger partial charge in [-0.25, -0.2) is 0 Å². The summed E-state index contributed by atoms with van der Waals surface area (Å²) in [5, 5.41) is 3.95. The van der Waals surface area contributed by atoms with Crippen LogP contribution in [0.3, 0.4) is 0 Å². The molecule has 1 saturated heterocycles. The van der Waals surface area contributed by atoms with Gasteiger partial charge in [-0.05, 0) is 30.5 Å². The lowest BCUT2D eigenvalue weighted by atomic mass is 10.0. The van der Waals surface area contributed by atoms with Crippen molar-refractivity contribution in [2.75, 3.05) is 13.7 Å². The maximum absolute atomic E-state index is 12.7. The molecule has 2 heterocycles. The van der Waals surface area contributed by atoms with E-state index < -0.39 is 0 Å². The number of carbonyl (C=O) groups is 1. The highest BCUT2D eigenvalue weighted by Gasteiger charge is 2.29. The Labute approximate surface area is 148 Å². The molecule has 3 rings (SSSR count). The van der Waals surface area contributed by atoms with Crippen molar-refractivity contribution in [3.8, 4) is 5.75 Å². The van der Waals surface area contributed by atoms with E-state index in [-0.39, 0.29) is 17.9 Å². The molecule has 6 heteroatoms. The largest absolute Gasteiger partial charge is 0.497 e. The summed E-state index contributed by atoms with van der Waals surface area (Å²) in [6.45, 7) is 4.84. The van der Waals surface area contributed by atoms with Crippen LogP contribution < -0.4 is 4.74 Å². The first-order valence-corrected chi connectivity index (χ1v) is 8.84. The molecule has 0 aliphatic carbocycles. The Bertz CT molecular complexity index is 709. The first-order valence-electron chi connectivity index (χ1n) is 8.84. The topological polar surface area (TPSA) is 68.5 Å². The van der Waals surface area contributed by atoms with E-state index in [1.807, 2.05) is 43.0 Å². The van der Waals surface area contributed by atoms with Crippen molar-refractivity contribution in [2.24, 2.45) is 0 Å². The number of likely N-dealkylation sites (tertiary alicyclic amines) is 1. The van der Waals surface area contributed by atoms with Crippen LogP contribution in [0.25, 0.3) is 0 Å². The number of hydrogen-bond donors (Lipinski definition) is 0. The van der Waals surface area contributed by atoms with Gasteiger partial charge in [-0.3, -0.25) is 4.79 Å². The second-order valence-electron chi connectivity index (χ2n) is 6.72. The van der Waals surface area contributed by atoms with Gasteiger partial charge < -0.3 is 14.2 Å². The van der Waals surface area contributed by atoms with Gasteiger partial charge in [0, 0.05) is 25.3 Å². The van der Waals surface area contributed by atoms with Crippen molar-refractivity contribution in [1.82, 2.24) is 15.0 Å². The standard InChI is InChI=1S/C19H25N3O3/c1-13(2)19-20-17(25-21-19)10-11-18(23)22-12-4-5-16(22)14-6-8-15(24-3)9-7-14/h6-9,13,16H,4-5,10-12H2,1-3H3. The van der Waals surface area contributed by atoms with Gasteiger partial charge in [-0.15, -0.1) is 0 Å². The minimum absolute atomic E-state index is 0.141. The molecule has 0 radical (unpaired) electrons. The number of amides is 1. The predicted molar refractivity (Wildman–Crippen MR) is 93.4 cm³/mol. The number of methoxy groups -OCH3 is 1. The Kier molecular flexibility index (Phi) is 5.36. The lowest BCUT2D eigenvalue weighted by Gasteiger charge is -2.25. The first kappa shape index (κ1) is 17.5. The van der Waals surface area contributed by atoms with Crippen LogP contribution in [0.2, 0.25) is 0 Å². The number of carbonyl (C=O) groups excluding carboxylic acids is 1. The quantitative estimate of drug-likeness (QED) is 0.803. The number of nitrogens with zero attached hydrogens (tertiary/aromatic N) is 3. The zero-order chi connectivity index (χ0) is 17.8. The van der Waals surface area contributed by atoms with E-state index >= 15 is 0 Å². The Balaban J connectivity index is 1.61. The molecule has 6 nitrogen and oxygen atoms in total. The Morgan fingerprint density at radius 2 is 2.12 bits per heavy atom. The second-order valence-corrected chi connectivity index (χ2v) is 6.72. The fourth-order valence-corrected chi connectivity index (χ4v) is 3.20. The summed E-state index contributed by atoms with van der Waals surface area (Å²) in [6.07, 6.45) is 2.91. The van der Waals surface area contributed by atoms with Gasteiger partial charge in [-0.2, -0.15) is 4.98 Å². The monoisotopic (exact) mass is 343 g/mol. The van der Waals surface area contributed by atoms with Crippen molar-refractivity contribution in [3.63, 3.8) is 0 Å². The molecular formula is C19H25N3O3. The van der Waals surface area contributed by atoms with Gasteiger partial charge in [0.1, 0.15) is 5.75 Å². The molecular weight excluding hydrogens is 318 g/mol. The number of hydrogen-bond acceptors (Lipinski definition) is 5.